The topological polar surface area (TPSA) is 70.1 Å². The lowest BCUT2D eigenvalue weighted by molar-refractivity contribution is 0.199. The van der Waals surface area contributed by atoms with Crippen LogP contribution in [-0.4, -0.2) is 15.1 Å². The highest BCUT2D eigenvalue weighted by Crippen LogP contribution is 2.28. The Kier molecular flexibility index (Phi) is 5.84. The van der Waals surface area contributed by atoms with Crippen LogP contribution in [0.5, 0.6) is 0 Å². The summed E-state index contributed by atoms with van der Waals surface area (Å²) in [4.78, 5) is 11.3. The Labute approximate surface area is 174 Å². The molecule has 5 nitrogen and oxygen atoms in total. The SMILES string of the molecule is CC(O)c1cccc(Nc2nccc(-c3ccc(CNc4ccccc4)s3)n2)c1. The first-order valence-corrected chi connectivity index (χ1v) is 10.2. The lowest BCUT2D eigenvalue weighted by Gasteiger charge is -2.09. The van der Waals surface area contributed by atoms with E-state index in [2.05, 4.69) is 44.9 Å². The average Bonchev–Trinajstić information content (AvgIpc) is 3.23. The van der Waals surface area contributed by atoms with Gasteiger partial charge in [-0.25, -0.2) is 9.97 Å². The summed E-state index contributed by atoms with van der Waals surface area (Å²) in [6, 6.07) is 23.9. The van der Waals surface area contributed by atoms with Crippen LogP contribution in [0.4, 0.5) is 17.3 Å². The van der Waals surface area contributed by atoms with Gasteiger partial charge in [0.25, 0.3) is 0 Å². The first kappa shape index (κ1) is 19.1. The Hall–Kier alpha value is -3.22. The van der Waals surface area contributed by atoms with E-state index >= 15 is 0 Å². The zero-order valence-corrected chi connectivity index (χ0v) is 16.9. The first-order chi connectivity index (χ1) is 14.2. The maximum absolute atomic E-state index is 9.76. The largest absolute Gasteiger partial charge is 0.389 e. The third kappa shape index (κ3) is 4.99. The van der Waals surface area contributed by atoms with Gasteiger partial charge in [-0.05, 0) is 55.0 Å². The van der Waals surface area contributed by atoms with Crippen molar-refractivity contribution in [3.05, 3.63) is 89.4 Å². The number of anilines is 3. The van der Waals surface area contributed by atoms with Crippen LogP contribution in [0.15, 0.2) is 79.0 Å². The van der Waals surface area contributed by atoms with E-state index in [-0.39, 0.29) is 0 Å². The molecule has 0 saturated heterocycles. The minimum Gasteiger partial charge on any atom is -0.389 e. The fourth-order valence-corrected chi connectivity index (χ4v) is 3.83. The van der Waals surface area contributed by atoms with Crippen molar-refractivity contribution in [1.82, 2.24) is 9.97 Å². The highest BCUT2D eigenvalue weighted by atomic mass is 32.1. The Morgan fingerprint density at radius 2 is 1.79 bits per heavy atom. The first-order valence-electron chi connectivity index (χ1n) is 9.43. The molecule has 0 amide bonds. The van der Waals surface area contributed by atoms with E-state index in [1.54, 1.807) is 24.5 Å². The number of nitrogens with zero attached hydrogens (tertiary/aromatic N) is 2. The van der Waals surface area contributed by atoms with Gasteiger partial charge in [-0.2, -0.15) is 0 Å². The normalized spacial score (nSPS) is 11.8. The van der Waals surface area contributed by atoms with Crippen molar-refractivity contribution in [3.63, 3.8) is 0 Å². The molecule has 146 valence electrons. The Bertz CT molecular complexity index is 1080. The van der Waals surface area contributed by atoms with E-state index in [4.69, 9.17) is 0 Å². The van der Waals surface area contributed by atoms with Gasteiger partial charge in [0.05, 0.1) is 16.7 Å². The summed E-state index contributed by atoms with van der Waals surface area (Å²) in [5.74, 6) is 0.530. The third-order valence-electron chi connectivity index (χ3n) is 4.44. The minimum absolute atomic E-state index is 0.516. The molecule has 1 unspecified atom stereocenters. The fourth-order valence-electron chi connectivity index (χ4n) is 2.92. The van der Waals surface area contributed by atoms with Crippen molar-refractivity contribution in [1.29, 1.82) is 0 Å². The molecule has 1 atom stereocenters. The lowest BCUT2D eigenvalue weighted by Crippen LogP contribution is -1.99. The number of para-hydroxylation sites is 1. The van der Waals surface area contributed by atoms with E-state index in [1.807, 2.05) is 48.5 Å². The van der Waals surface area contributed by atoms with Crippen LogP contribution in [-0.2, 0) is 6.54 Å². The van der Waals surface area contributed by atoms with Gasteiger partial charge < -0.3 is 15.7 Å². The van der Waals surface area contributed by atoms with Crippen molar-refractivity contribution in [2.24, 2.45) is 0 Å². The van der Waals surface area contributed by atoms with Crippen molar-refractivity contribution in [2.45, 2.75) is 19.6 Å². The number of benzene rings is 2. The second-order valence-corrected chi connectivity index (χ2v) is 7.85. The summed E-state index contributed by atoms with van der Waals surface area (Å²) >= 11 is 1.71. The molecule has 29 heavy (non-hydrogen) atoms. The summed E-state index contributed by atoms with van der Waals surface area (Å²) in [6.45, 7) is 2.52. The molecule has 4 aromatic rings. The van der Waals surface area contributed by atoms with Crippen LogP contribution in [0.2, 0.25) is 0 Å². The molecule has 0 fully saturated rings. The van der Waals surface area contributed by atoms with Crippen molar-refractivity contribution in [3.8, 4) is 10.6 Å². The Morgan fingerprint density at radius 1 is 0.966 bits per heavy atom. The number of nitrogens with one attached hydrogen (secondary N) is 2. The molecule has 0 aliphatic rings. The maximum Gasteiger partial charge on any atom is 0.227 e. The molecule has 6 heteroatoms. The van der Waals surface area contributed by atoms with E-state index in [1.165, 1.54) is 4.88 Å². The minimum atomic E-state index is -0.516. The van der Waals surface area contributed by atoms with E-state index in [0.717, 1.165) is 34.1 Å². The number of aliphatic hydroxyl groups is 1. The summed E-state index contributed by atoms with van der Waals surface area (Å²) in [5.41, 5.74) is 3.68. The molecular weight excluding hydrogens is 380 g/mol. The predicted octanol–water partition coefficient (Wildman–Crippen LogP) is 5.61. The number of rotatable bonds is 7. The predicted molar refractivity (Wildman–Crippen MR) is 119 cm³/mol. The number of hydrogen-bond acceptors (Lipinski definition) is 6. The summed E-state index contributed by atoms with van der Waals surface area (Å²) < 4.78 is 0. The smallest absolute Gasteiger partial charge is 0.227 e. The van der Waals surface area contributed by atoms with Gasteiger partial charge in [-0.15, -0.1) is 11.3 Å². The summed E-state index contributed by atoms with van der Waals surface area (Å²) in [7, 11) is 0. The van der Waals surface area contributed by atoms with Gasteiger partial charge in [0.1, 0.15) is 0 Å². The third-order valence-corrected chi connectivity index (χ3v) is 5.54. The molecule has 3 N–H and O–H groups in total. The molecule has 4 rings (SSSR count). The molecule has 2 heterocycles. The highest BCUT2D eigenvalue weighted by Gasteiger charge is 2.08. The van der Waals surface area contributed by atoms with Gasteiger partial charge in [-0.1, -0.05) is 30.3 Å². The van der Waals surface area contributed by atoms with Crippen molar-refractivity contribution >= 4 is 28.7 Å². The standard InChI is InChI=1S/C23H22N4OS/c1-16(28)17-6-5-9-19(14-17)26-23-24-13-12-21(27-23)22-11-10-20(29-22)15-25-18-7-3-2-4-8-18/h2-14,16,25,28H,15H2,1H3,(H,24,26,27). The lowest BCUT2D eigenvalue weighted by atomic mass is 10.1. The quantitative estimate of drug-likeness (QED) is 0.375. The molecular formula is C23H22N4OS. The van der Waals surface area contributed by atoms with E-state index in [9.17, 15) is 5.11 Å². The number of aromatic nitrogens is 2. The molecule has 0 radical (unpaired) electrons. The summed E-state index contributed by atoms with van der Waals surface area (Å²) in [5, 5.41) is 16.4. The van der Waals surface area contributed by atoms with Crippen molar-refractivity contribution in [2.75, 3.05) is 10.6 Å². The van der Waals surface area contributed by atoms with Crippen molar-refractivity contribution < 1.29 is 5.11 Å². The van der Waals surface area contributed by atoms with Crippen LogP contribution in [0.25, 0.3) is 10.6 Å². The molecule has 0 spiro atoms. The van der Waals surface area contributed by atoms with Crippen LogP contribution >= 0.6 is 11.3 Å². The van der Waals surface area contributed by atoms with Gasteiger partial charge >= 0.3 is 0 Å². The Morgan fingerprint density at radius 3 is 2.62 bits per heavy atom. The average molecular weight is 403 g/mol. The van der Waals surface area contributed by atoms with Crippen LogP contribution in [0.1, 0.15) is 23.5 Å². The second kappa shape index (κ2) is 8.86. The van der Waals surface area contributed by atoms with Crippen LogP contribution in [0.3, 0.4) is 0 Å². The molecule has 2 aromatic carbocycles. The number of aliphatic hydroxyl groups excluding tert-OH is 1. The monoisotopic (exact) mass is 402 g/mol. The molecule has 0 aliphatic carbocycles. The summed E-state index contributed by atoms with van der Waals surface area (Å²) in [6.07, 6.45) is 1.24. The van der Waals surface area contributed by atoms with Gasteiger partial charge in [0, 0.05) is 29.0 Å². The highest BCUT2D eigenvalue weighted by molar-refractivity contribution is 7.15. The Balaban J connectivity index is 1.46. The molecule has 0 aliphatic heterocycles. The number of hydrogen-bond donors (Lipinski definition) is 3. The zero-order chi connectivity index (χ0) is 20.1. The van der Waals surface area contributed by atoms with Crippen LogP contribution in [0, 0.1) is 0 Å². The van der Waals surface area contributed by atoms with Crippen LogP contribution < -0.4 is 10.6 Å². The zero-order valence-electron chi connectivity index (χ0n) is 16.0. The molecule has 0 saturated carbocycles. The van der Waals surface area contributed by atoms with E-state index in [0.29, 0.717) is 5.95 Å². The molecule has 0 bridgehead atoms. The van der Waals surface area contributed by atoms with Gasteiger partial charge in [0.15, 0.2) is 0 Å². The van der Waals surface area contributed by atoms with Gasteiger partial charge in [0.2, 0.25) is 5.95 Å². The maximum atomic E-state index is 9.76. The van der Waals surface area contributed by atoms with Gasteiger partial charge in [-0.3, -0.25) is 0 Å². The second-order valence-electron chi connectivity index (χ2n) is 6.68. The fraction of sp³-hybridized carbons (Fsp3) is 0.130. The molecule has 2 aromatic heterocycles. The number of thiophene rings is 1. The van der Waals surface area contributed by atoms with E-state index < -0.39 is 6.10 Å².